The SMILES string of the molecule is CC(=O)Nc1ccc(F)c(NC(=O)c2cc(Cl)c3c(c2)OCO3)c1. The van der Waals surface area contributed by atoms with Gasteiger partial charge in [0.25, 0.3) is 5.91 Å². The summed E-state index contributed by atoms with van der Waals surface area (Å²) in [6.07, 6.45) is 0. The molecule has 1 heterocycles. The molecule has 124 valence electrons. The van der Waals surface area contributed by atoms with Gasteiger partial charge in [-0.15, -0.1) is 0 Å². The summed E-state index contributed by atoms with van der Waals surface area (Å²) in [5.41, 5.74) is 0.483. The van der Waals surface area contributed by atoms with Crippen LogP contribution in [0.25, 0.3) is 0 Å². The molecule has 0 atom stereocenters. The lowest BCUT2D eigenvalue weighted by atomic mass is 10.1. The molecule has 0 spiro atoms. The van der Waals surface area contributed by atoms with Crippen molar-refractivity contribution in [2.75, 3.05) is 17.4 Å². The maximum atomic E-state index is 13.9. The van der Waals surface area contributed by atoms with Crippen molar-refractivity contribution in [3.05, 3.63) is 46.7 Å². The van der Waals surface area contributed by atoms with E-state index in [1.165, 1.54) is 31.2 Å². The first-order valence-electron chi connectivity index (χ1n) is 6.91. The van der Waals surface area contributed by atoms with Crippen molar-refractivity contribution in [3.63, 3.8) is 0 Å². The van der Waals surface area contributed by atoms with Crippen molar-refractivity contribution in [3.8, 4) is 11.5 Å². The van der Waals surface area contributed by atoms with E-state index in [0.29, 0.717) is 17.2 Å². The van der Waals surface area contributed by atoms with E-state index in [2.05, 4.69) is 10.6 Å². The Bertz CT molecular complexity index is 841. The third-order valence-electron chi connectivity index (χ3n) is 3.22. The van der Waals surface area contributed by atoms with E-state index in [4.69, 9.17) is 21.1 Å². The minimum Gasteiger partial charge on any atom is -0.454 e. The predicted molar refractivity (Wildman–Crippen MR) is 86.2 cm³/mol. The molecule has 1 aliphatic heterocycles. The second kappa shape index (κ2) is 6.37. The number of carbonyl (C=O) groups excluding carboxylic acids is 2. The number of benzene rings is 2. The lowest BCUT2D eigenvalue weighted by Gasteiger charge is -2.10. The number of ether oxygens (including phenoxy) is 2. The molecule has 8 heteroatoms. The summed E-state index contributed by atoms with van der Waals surface area (Å²) >= 11 is 6.03. The van der Waals surface area contributed by atoms with Crippen LogP contribution in [0.5, 0.6) is 11.5 Å². The maximum Gasteiger partial charge on any atom is 0.255 e. The van der Waals surface area contributed by atoms with Crippen molar-refractivity contribution < 1.29 is 23.5 Å². The van der Waals surface area contributed by atoms with Gasteiger partial charge in [-0.2, -0.15) is 0 Å². The Labute approximate surface area is 141 Å². The molecule has 0 unspecified atom stereocenters. The Morgan fingerprint density at radius 1 is 1.17 bits per heavy atom. The number of hydrogen-bond acceptors (Lipinski definition) is 4. The Morgan fingerprint density at radius 3 is 2.71 bits per heavy atom. The molecule has 2 amide bonds. The van der Waals surface area contributed by atoms with E-state index in [-0.39, 0.29) is 29.0 Å². The van der Waals surface area contributed by atoms with E-state index < -0.39 is 11.7 Å². The van der Waals surface area contributed by atoms with Crippen LogP contribution >= 0.6 is 11.6 Å². The summed E-state index contributed by atoms with van der Waals surface area (Å²) in [7, 11) is 0. The van der Waals surface area contributed by atoms with Crippen molar-refractivity contribution in [1.82, 2.24) is 0 Å². The van der Waals surface area contributed by atoms with Crippen molar-refractivity contribution >= 4 is 34.8 Å². The number of nitrogens with one attached hydrogen (secondary N) is 2. The highest BCUT2D eigenvalue weighted by Crippen LogP contribution is 2.40. The van der Waals surface area contributed by atoms with Crippen LogP contribution in [0.1, 0.15) is 17.3 Å². The van der Waals surface area contributed by atoms with Crippen molar-refractivity contribution in [2.24, 2.45) is 0 Å². The van der Waals surface area contributed by atoms with Crippen LogP contribution in [0.2, 0.25) is 5.02 Å². The number of anilines is 2. The van der Waals surface area contributed by atoms with Crippen LogP contribution in [0.4, 0.5) is 15.8 Å². The summed E-state index contributed by atoms with van der Waals surface area (Å²) in [5.74, 6) is -0.799. The van der Waals surface area contributed by atoms with Crippen LogP contribution in [0.3, 0.4) is 0 Å². The predicted octanol–water partition coefficient (Wildman–Crippen LogP) is 3.42. The van der Waals surface area contributed by atoms with Gasteiger partial charge < -0.3 is 20.1 Å². The fourth-order valence-electron chi connectivity index (χ4n) is 2.20. The molecule has 0 bridgehead atoms. The Balaban J connectivity index is 1.85. The Hall–Kier alpha value is -2.80. The zero-order chi connectivity index (χ0) is 17.3. The zero-order valence-electron chi connectivity index (χ0n) is 12.5. The Morgan fingerprint density at radius 2 is 1.96 bits per heavy atom. The molecule has 0 aromatic heterocycles. The quantitative estimate of drug-likeness (QED) is 0.889. The van der Waals surface area contributed by atoms with E-state index >= 15 is 0 Å². The second-order valence-corrected chi connectivity index (χ2v) is 5.43. The van der Waals surface area contributed by atoms with Crippen molar-refractivity contribution in [2.45, 2.75) is 6.92 Å². The molecular formula is C16H12ClFN2O4. The minimum atomic E-state index is -0.635. The highest BCUT2D eigenvalue weighted by atomic mass is 35.5. The molecule has 1 aliphatic rings. The first kappa shape index (κ1) is 16.1. The summed E-state index contributed by atoms with van der Waals surface area (Å²) < 4.78 is 24.3. The lowest BCUT2D eigenvalue weighted by Crippen LogP contribution is -2.14. The highest BCUT2D eigenvalue weighted by Gasteiger charge is 2.21. The van der Waals surface area contributed by atoms with Gasteiger partial charge in [0, 0.05) is 18.2 Å². The molecule has 2 N–H and O–H groups in total. The van der Waals surface area contributed by atoms with Gasteiger partial charge in [0.05, 0.1) is 10.7 Å². The monoisotopic (exact) mass is 350 g/mol. The van der Waals surface area contributed by atoms with Crippen LogP contribution in [-0.4, -0.2) is 18.6 Å². The van der Waals surface area contributed by atoms with Gasteiger partial charge in [0.2, 0.25) is 12.7 Å². The number of halogens is 2. The molecule has 0 radical (unpaired) electrons. The van der Waals surface area contributed by atoms with Crippen LogP contribution < -0.4 is 20.1 Å². The molecule has 24 heavy (non-hydrogen) atoms. The topological polar surface area (TPSA) is 76.7 Å². The average molecular weight is 351 g/mol. The third kappa shape index (κ3) is 3.26. The number of amides is 2. The number of fused-ring (bicyclic) bond motifs is 1. The summed E-state index contributed by atoms with van der Waals surface area (Å²) in [4.78, 5) is 23.4. The summed E-state index contributed by atoms with van der Waals surface area (Å²) in [6, 6.07) is 6.72. The number of hydrogen-bond donors (Lipinski definition) is 2. The van der Waals surface area contributed by atoms with Crippen LogP contribution in [0.15, 0.2) is 30.3 Å². The average Bonchev–Trinajstić information content (AvgIpc) is 2.99. The van der Waals surface area contributed by atoms with E-state index in [9.17, 15) is 14.0 Å². The molecule has 3 rings (SSSR count). The second-order valence-electron chi connectivity index (χ2n) is 5.02. The standard InChI is InChI=1S/C16H12ClFN2O4/c1-8(21)19-10-2-3-12(18)13(6-10)20-16(22)9-4-11(17)15-14(5-9)23-7-24-15/h2-6H,7H2,1H3,(H,19,21)(H,20,22). The number of carbonyl (C=O) groups is 2. The van der Waals surface area contributed by atoms with Gasteiger partial charge in [-0.1, -0.05) is 11.6 Å². The first-order chi connectivity index (χ1) is 11.4. The first-order valence-corrected chi connectivity index (χ1v) is 7.29. The smallest absolute Gasteiger partial charge is 0.255 e. The van der Waals surface area contributed by atoms with Gasteiger partial charge in [-0.3, -0.25) is 9.59 Å². The molecule has 6 nitrogen and oxygen atoms in total. The summed E-state index contributed by atoms with van der Waals surface area (Å²) in [5, 5.41) is 5.18. The fourth-order valence-corrected chi connectivity index (χ4v) is 2.46. The van der Waals surface area contributed by atoms with Gasteiger partial charge in [0.1, 0.15) is 5.82 Å². The molecule has 2 aromatic carbocycles. The highest BCUT2D eigenvalue weighted by molar-refractivity contribution is 6.32. The molecule has 0 aliphatic carbocycles. The zero-order valence-corrected chi connectivity index (χ0v) is 13.2. The van der Waals surface area contributed by atoms with E-state index in [1.807, 2.05) is 0 Å². The molecule has 2 aromatic rings. The number of rotatable bonds is 3. The summed E-state index contributed by atoms with van der Waals surface area (Å²) in [6.45, 7) is 1.35. The molecule has 0 saturated carbocycles. The largest absolute Gasteiger partial charge is 0.454 e. The van der Waals surface area contributed by atoms with Gasteiger partial charge in [0.15, 0.2) is 11.5 Å². The maximum absolute atomic E-state index is 13.9. The molecular weight excluding hydrogens is 339 g/mol. The normalized spacial score (nSPS) is 12.0. The van der Waals surface area contributed by atoms with Crippen molar-refractivity contribution in [1.29, 1.82) is 0 Å². The van der Waals surface area contributed by atoms with Gasteiger partial charge >= 0.3 is 0 Å². The van der Waals surface area contributed by atoms with Crippen LogP contribution in [-0.2, 0) is 4.79 Å². The van der Waals surface area contributed by atoms with E-state index in [1.54, 1.807) is 0 Å². The van der Waals surface area contributed by atoms with Gasteiger partial charge in [-0.05, 0) is 30.3 Å². The Kier molecular flexibility index (Phi) is 4.26. The van der Waals surface area contributed by atoms with E-state index in [0.717, 1.165) is 6.07 Å². The minimum absolute atomic E-state index is 0.0213. The molecule has 0 saturated heterocycles. The third-order valence-corrected chi connectivity index (χ3v) is 3.51. The fraction of sp³-hybridized carbons (Fsp3) is 0.125. The van der Waals surface area contributed by atoms with Crippen LogP contribution in [0, 0.1) is 5.82 Å². The van der Waals surface area contributed by atoms with Gasteiger partial charge in [-0.25, -0.2) is 4.39 Å². The molecule has 0 fully saturated rings. The lowest BCUT2D eigenvalue weighted by molar-refractivity contribution is -0.114.